The smallest absolute Gasteiger partial charge is 0.224 e. The van der Waals surface area contributed by atoms with Crippen molar-refractivity contribution in [3.05, 3.63) is 60.2 Å². The summed E-state index contributed by atoms with van der Waals surface area (Å²) < 4.78 is 0. The van der Waals surface area contributed by atoms with Crippen molar-refractivity contribution >= 4 is 30.3 Å². The minimum absolute atomic E-state index is 0.186. The standard InChI is InChI=1S/C17H17NOS2/c19-17-10-14(20)12-18(17)11-13-6-8-16(9-7-13)21-15-4-2-1-3-5-15/h1-9,14,20H,10-12H2. The van der Waals surface area contributed by atoms with E-state index in [9.17, 15) is 4.79 Å². The lowest BCUT2D eigenvalue weighted by molar-refractivity contribution is -0.128. The molecule has 4 heteroatoms. The Balaban J connectivity index is 1.63. The number of nitrogens with zero attached hydrogens (tertiary/aromatic N) is 1. The second-order valence-electron chi connectivity index (χ2n) is 5.19. The first-order valence-corrected chi connectivity index (χ1v) is 8.32. The highest BCUT2D eigenvalue weighted by atomic mass is 32.2. The first-order valence-electron chi connectivity index (χ1n) is 6.98. The van der Waals surface area contributed by atoms with Crippen molar-refractivity contribution in [1.82, 2.24) is 4.90 Å². The zero-order chi connectivity index (χ0) is 14.7. The summed E-state index contributed by atoms with van der Waals surface area (Å²) in [6, 6.07) is 18.8. The van der Waals surface area contributed by atoms with Gasteiger partial charge in [-0.3, -0.25) is 4.79 Å². The molecule has 1 amide bonds. The fraction of sp³-hybridized carbons (Fsp3) is 0.235. The van der Waals surface area contributed by atoms with Crippen molar-refractivity contribution in [3.63, 3.8) is 0 Å². The Morgan fingerprint density at radius 3 is 2.33 bits per heavy atom. The van der Waals surface area contributed by atoms with Crippen LogP contribution < -0.4 is 0 Å². The molecule has 2 aromatic carbocycles. The maximum Gasteiger partial charge on any atom is 0.224 e. The molecule has 0 aromatic heterocycles. The third kappa shape index (κ3) is 3.83. The van der Waals surface area contributed by atoms with Crippen LogP contribution in [0.15, 0.2) is 64.4 Å². The number of hydrogen-bond donors (Lipinski definition) is 1. The summed E-state index contributed by atoms with van der Waals surface area (Å²) in [6.07, 6.45) is 0.561. The van der Waals surface area contributed by atoms with Crippen LogP contribution in [0.3, 0.4) is 0 Å². The molecule has 1 aliphatic heterocycles. The topological polar surface area (TPSA) is 20.3 Å². The predicted molar refractivity (Wildman–Crippen MR) is 89.8 cm³/mol. The molecular weight excluding hydrogens is 298 g/mol. The predicted octanol–water partition coefficient (Wildman–Crippen LogP) is 3.87. The summed E-state index contributed by atoms with van der Waals surface area (Å²) in [5.41, 5.74) is 1.17. The van der Waals surface area contributed by atoms with Gasteiger partial charge in [0.1, 0.15) is 0 Å². The van der Waals surface area contributed by atoms with Gasteiger partial charge in [-0.15, -0.1) is 0 Å². The molecule has 1 unspecified atom stereocenters. The van der Waals surface area contributed by atoms with Crippen molar-refractivity contribution < 1.29 is 4.79 Å². The molecule has 0 radical (unpaired) electrons. The lowest BCUT2D eigenvalue weighted by Crippen LogP contribution is -2.24. The Kier molecular flexibility index (Phi) is 4.56. The average molecular weight is 315 g/mol. The third-order valence-electron chi connectivity index (χ3n) is 3.47. The first kappa shape index (κ1) is 14.5. The molecule has 1 heterocycles. The number of likely N-dealkylation sites (tertiary alicyclic amines) is 1. The van der Waals surface area contributed by atoms with E-state index >= 15 is 0 Å². The molecule has 21 heavy (non-hydrogen) atoms. The number of amides is 1. The van der Waals surface area contributed by atoms with E-state index in [1.165, 1.54) is 15.4 Å². The molecule has 1 saturated heterocycles. The maximum atomic E-state index is 11.8. The fourth-order valence-corrected chi connectivity index (χ4v) is 3.60. The van der Waals surface area contributed by atoms with Crippen molar-refractivity contribution in [3.8, 4) is 0 Å². The molecule has 1 fully saturated rings. The minimum atomic E-state index is 0.186. The molecule has 0 N–H and O–H groups in total. The lowest BCUT2D eigenvalue weighted by Gasteiger charge is -2.16. The first-order chi connectivity index (χ1) is 10.2. The number of thiol groups is 1. The SMILES string of the molecule is O=C1CC(S)CN1Cc1ccc(Sc2ccccc2)cc1. The number of carbonyl (C=O) groups is 1. The molecule has 1 aliphatic rings. The van der Waals surface area contributed by atoms with Gasteiger partial charge in [0.05, 0.1) is 0 Å². The van der Waals surface area contributed by atoms with Crippen LogP contribution in [0.5, 0.6) is 0 Å². The van der Waals surface area contributed by atoms with E-state index in [2.05, 4.69) is 49.0 Å². The number of hydrogen-bond acceptors (Lipinski definition) is 3. The second-order valence-corrected chi connectivity index (χ2v) is 7.07. The molecular formula is C17H17NOS2. The van der Waals surface area contributed by atoms with E-state index in [0.717, 1.165) is 6.54 Å². The van der Waals surface area contributed by atoms with Gasteiger partial charge < -0.3 is 4.90 Å². The van der Waals surface area contributed by atoms with Crippen LogP contribution in [0.2, 0.25) is 0 Å². The monoisotopic (exact) mass is 315 g/mol. The Morgan fingerprint density at radius 2 is 1.71 bits per heavy atom. The summed E-state index contributed by atoms with van der Waals surface area (Å²) in [5.74, 6) is 0.206. The Hall–Kier alpha value is -1.39. The van der Waals surface area contributed by atoms with Crippen molar-refractivity contribution in [2.75, 3.05) is 6.54 Å². The normalized spacial score (nSPS) is 18.2. The van der Waals surface area contributed by atoms with E-state index in [1.807, 2.05) is 23.1 Å². The van der Waals surface area contributed by atoms with Crippen LogP contribution in [-0.4, -0.2) is 22.6 Å². The Labute approximate surface area is 135 Å². The number of carbonyl (C=O) groups excluding carboxylic acids is 1. The van der Waals surface area contributed by atoms with Gasteiger partial charge in [-0.1, -0.05) is 42.1 Å². The van der Waals surface area contributed by atoms with E-state index in [0.29, 0.717) is 13.0 Å². The number of rotatable bonds is 4. The van der Waals surface area contributed by atoms with Crippen molar-refractivity contribution in [1.29, 1.82) is 0 Å². The van der Waals surface area contributed by atoms with Gasteiger partial charge in [0.2, 0.25) is 5.91 Å². The molecule has 0 saturated carbocycles. The molecule has 2 nitrogen and oxygen atoms in total. The third-order valence-corrected chi connectivity index (χ3v) is 4.83. The van der Waals surface area contributed by atoms with Crippen molar-refractivity contribution in [2.24, 2.45) is 0 Å². The molecule has 1 atom stereocenters. The van der Waals surface area contributed by atoms with Gasteiger partial charge in [0.25, 0.3) is 0 Å². The van der Waals surface area contributed by atoms with Gasteiger partial charge >= 0.3 is 0 Å². The van der Waals surface area contributed by atoms with Gasteiger partial charge in [0.15, 0.2) is 0 Å². The van der Waals surface area contributed by atoms with Crippen LogP contribution in [0.4, 0.5) is 0 Å². The molecule has 0 spiro atoms. The van der Waals surface area contributed by atoms with Crippen LogP contribution in [0.25, 0.3) is 0 Å². The van der Waals surface area contributed by atoms with E-state index in [1.54, 1.807) is 11.8 Å². The highest BCUT2D eigenvalue weighted by Crippen LogP contribution is 2.28. The quantitative estimate of drug-likeness (QED) is 0.864. The zero-order valence-electron chi connectivity index (χ0n) is 11.6. The lowest BCUT2D eigenvalue weighted by atomic mass is 10.2. The molecule has 108 valence electrons. The fourth-order valence-electron chi connectivity index (χ4n) is 2.41. The average Bonchev–Trinajstić information content (AvgIpc) is 2.80. The molecule has 0 bridgehead atoms. The van der Waals surface area contributed by atoms with Crippen LogP contribution in [-0.2, 0) is 11.3 Å². The summed E-state index contributed by atoms with van der Waals surface area (Å²) in [6.45, 7) is 1.44. The highest BCUT2D eigenvalue weighted by Gasteiger charge is 2.26. The number of benzene rings is 2. The maximum absolute atomic E-state index is 11.8. The van der Waals surface area contributed by atoms with Crippen LogP contribution in [0, 0.1) is 0 Å². The van der Waals surface area contributed by atoms with E-state index < -0.39 is 0 Å². The zero-order valence-corrected chi connectivity index (χ0v) is 13.3. The molecule has 0 aliphatic carbocycles. The van der Waals surface area contributed by atoms with Gasteiger partial charge in [-0.2, -0.15) is 12.6 Å². The highest BCUT2D eigenvalue weighted by molar-refractivity contribution is 7.99. The second kappa shape index (κ2) is 6.58. The van der Waals surface area contributed by atoms with Crippen LogP contribution >= 0.6 is 24.4 Å². The van der Waals surface area contributed by atoms with Gasteiger partial charge in [-0.05, 0) is 29.8 Å². The molecule has 3 rings (SSSR count). The Bertz CT molecular complexity index is 612. The van der Waals surface area contributed by atoms with Gasteiger partial charge in [-0.25, -0.2) is 0 Å². The van der Waals surface area contributed by atoms with Gasteiger partial charge in [0, 0.05) is 34.6 Å². The largest absolute Gasteiger partial charge is 0.337 e. The summed E-state index contributed by atoms with van der Waals surface area (Å²) >= 11 is 6.13. The van der Waals surface area contributed by atoms with Crippen LogP contribution in [0.1, 0.15) is 12.0 Å². The summed E-state index contributed by atoms with van der Waals surface area (Å²) in [5, 5.41) is 0.186. The minimum Gasteiger partial charge on any atom is -0.337 e. The van der Waals surface area contributed by atoms with Crippen molar-refractivity contribution in [2.45, 2.75) is 28.0 Å². The Morgan fingerprint density at radius 1 is 1.05 bits per heavy atom. The van der Waals surface area contributed by atoms with E-state index in [4.69, 9.17) is 0 Å². The summed E-state index contributed by atoms with van der Waals surface area (Å²) in [4.78, 5) is 16.1. The van der Waals surface area contributed by atoms with E-state index in [-0.39, 0.29) is 11.2 Å². The molecule has 2 aromatic rings. The summed E-state index contributed by atoms with van der Waals surface area (Å²) in [7, 11) is 0.